The lowest BCUT2D eigenvalue weighted by molar-refractivity contribution is -0.883. The van der Waals surface area contributed by atoms with E-state index in [9.17, 15) is 9.46 Å². The summed E-state index contributed by atoms with van der Waals surface area (Å²) in [4.78, 5) is 10.4. The minimum atomic E-state index is -3.60. The quantitative estimate of drug-likeness (QED) is 0.0585. The number of hydrogen-bond donors (Lipinski definition) is 1. The first-order chi connectivity index (χ1) is 16.3. The summed E-state index contributed by atoms with van der Waals surface area (Å²) in [5, 5.41) is 0. The Morgan fingerprint density at radius 1 is 0.676 bits per heavy atom. The van der Waals surface area contributed by atoms with Gasteiger partial charge in [-0.15, -0.1) is 0 Å². The number of rotatable bonds is 25. The molecule has 0 radical (unpaired) electrons. The third-order valence-electron chi connectivity index (χ3n) is 6.77. The van der Waals surface area contributed by atoms with Crippen LogP contribution in [0.25, 0.3) is 0 Å². The van der Waals surface area contributed by atoms with Gasteiger partial charge in [0, 0.05) is 6.42 Å². The second-order valence-corrected chi connectivity index (χ2v) is 13.1. The average Bonchev–Trinajstić information content (AvgIpc) is 2.77. The van der Waals surface area contributed by atoms with Gasteiger partial charge in [0.2, 0.25) is 0 Å². The molecule has 0 aliphatic carbocycles. The van der Waals surface area contributed by atoms with Crippen molar-refractivity contribution in [2.75, 3.05) is 27.7 Å². The standard InChI is InChI=1S/C29H60NO3P/c1-6-8-9-10-11-12-13-14-15-16-17-18-19-20-21-22-23-24-25-26-28-33-34(31,32)29(27-7-2)30(3,4)5/h24-25,29H,6-23,26-28H2,1-5H3/p+1/b25-24-. The molecule has 204 valence electrons. The SMILES string of the molecule is CCCCCCCCCCCCCCCCCC/C=C\CCOP(=O)(O)C(CCC)[N+](C)(C)C. The van der Waals surface area contributed by atoms with Crippen molar-refractivity contribution in [3.05, 3.63) is 12.2 Å². The van der Waals surface area contributed by atoms with E-state index >= 15 is 0 Å². The van der Waals surface area contributed by atoms with Crippen LogP contribution in [0.3, 0.4) is 0 Å². The van der Waals surface area contributed by atoms with Gasteiger partial charge in [-0.3, -0.25) is 4.57 Å². The molecule has 4 nitrogen and oxygen atoms in total. The van der Waals surface area contributed by atoms with Gasteiger partial charge in [-0.2, -0.15) is 0 Å². The van der Waals surface area contributed by atoms with Gasteiger partial charge in [0.25, 0.3) is 0 Å². The van der Waals surface area contributed by atoms with Crippen LogP contribution in [-0.4, -0.2) is 42.9 Å². The second-order valence-electron chi connectivity index (χ2n) is 11.1. The van der Waals surface area contributed by atoms with E-state index in [1.54, 1.807) is 0 Å². The van der Waals surface area contributed by atoms with E-state index in [0.717, 1.165) is 12.8 Å². The first-order valence-electron chi connectivity index (χ1n) is 14.7. The maximum atomic E-state index is 12.6. The molecule has 2 unspecified atom stereocenters. The molecule has 0 spiro atoms. The van der Waals surface area contributed by atoms with E-state index in [0.29, 0.717) is 23.9 Å². The molecule has 0 fully saturated rings. The van der Waals surface area contributed by atoms with Gasteiger partial charge >= 0.3 is 7.60 Å². The summed E-state index contributed by atoms with van der Waals surface area (Å²) < 4.78 is 18.6. The second kappa shape index (κ2) is 22.1. The molecule has 0 aliphatic heterocycles. The van der Waals surface area contributed by atoms with Gasteiger partial charge in [-0.05, 0) is 25.7 Å². The smallest absolute Gasteiger partial charge is 0.320 e. The predicted molar refractivity (Wildman–Crippen MR) is 150 cm³/mol. The molecule has 0 aromatic heterocycles. The Bertz CT molecular complexity index is 516. The molecule has 1 N–H and O–H groups in total. The van der Waals surface area contributed by atoms with Gasteiger partial charge < -0.3 is 13.9 Å². The molecule has 0 rings (SSSR count). The number of unbranched alkanes of at least 4 members (excludes halogenated alkanes) is 16. The highest BCUT2D eigenvalue weighted by Gasteiger charge is 2.41. The Hall–Kier alpha value is -0.150. The number of quaternary nitrogens is 1. The summed E-state index contributed by atoms with van der Waals surface area (Å²) >= 11 is 0. The maximum Gasteiger partial charge on any atom is 0.385 e. The first-order valence-corrected chi connectivity index (χ1v) is 16.3. The van der Waals surface area contributed by atoms with Crippen molar-refractivity contribution in [1.29, 1.82) is 0 Å². The number of hydrogen-bond acceptors (Lipinski definition) is 2. The highest BCUT2D eigenvalue weighted by molar-refractivity contribution is 7.53. The minimum absolute atomic E-state index is 0.323. The van der Waals surface area contributed by atoms with E-state index < -0.39 is 7.60 Å². The van der Waals surface area contributed by atoms with Crippen LogP contribution in [-0.2, 0) is 9.09 Å². The Labute approximate surface area is 214 Å². The molecule has 0 heterocycles. The van der Waals surface area contributed by atoms with E-state index in [1.165, 1.54) is 103 Å². The summed E-state index contributed by atoms with van der Waals surface area (Å²) in [6, 6.07) is 0. The van der Waals surface area contributed by atoms with Crippen molar-refractivity contribution < 1.29 is 18.5 Å². The zero-order chi connectivity index (χ0) is 25.5. The molecule has 0 aromatic carbocycles. The highest BCUT2D eigenvalue weighted by Crippen LogP contribution is 2.51. The van der Waals surface area contributed by atoms with Gasteiger partial charge in [0.1, 0.15) is 0 Å². The lowest BCUT2D eigenvalue weighted by Crippen LogP contribution is -2.45. The van der Waals surface area contributed by atoms with Crippen molar-refractivity contribution >= 4 is 7.60 Å². The minimum Gasteiger partial charge on any atom is -0.320 e. The number of nitrogens with zero attached hydrogens (tertiary/aromatic N) is 1. The predicted octanol–water partition coefficient (Wildman–Crippen LogP) is 9.62. The van der Waals surface area contributed by atoms with Crippen LogP contribution < -0.4 is 0 Å². The lowest BCUT2D eigenvalue weighted by atomic mass is 10.0. The summed E-state index contributed by atoms with van der Waals surface area (Å²) in [5.74, 6) is -0.355. The van der Waals surface area contributed by atoms with Crippen molar-refractivity contribution in [1.82, 2.24) is 0 Å². The molecular formula is C29H61NO3P+. The molecule has 0 aliphatic rings. The summed E-state index contributed by atoms with van der Waals surface area (Å²) in [7, 11) is 2.29. The average molecular weight is 503 g/mol. The van der Waals surface area contributed by atoms with Crippen LogP contribution in [0.2, 0.25) is 0 Å². The Morgan fingerprint density at radius 3 is 1.50 bits per heavy atom. The fourth-order valence-electron chi connectivity index (χ4n) is 4.63. The molecule has 5 heteroatoms. The lowest BCUT2D eigenvalue weighted by Gasteiger charge is -2.35. The van der Waals surface area contributed by atoms with Crippen LogP contribution in [0.5, 0.6) is 0 Å². The van der Waals surface area contributed by atoms with Crippen molar-refractivity contribution in [3.63, 3.8) is 0 Å². The van der Waals surface area contributed by atoms with E-state index in [4.69, 9.17) is 4.52 Å². The van der Waals surface area contributed by atoms with Crippen LogP contribution >= 0.6 is 7.60 Å². The maximum absolute atomic E-state index is 12.6. The van der Waals surface area contributed by atoms with Crippen molar-refractivity contribution in [2.24, 2.45) is 0 Å². The van der Waals surface area contributed by atoms with E-state index in [1.807, 2.05) is 28.1 Å². The van der Waals surface area contributed by atoms with Crippen LogP contribution in [0.4, 0.5) is 0 Å². The third-order valence-corrected chi connectivity index (χ3v) is 9.03. The molecule has 0 amide bonds. The molecule has 34 heavy (non-hydrogen) atoms. The fourth-order valence-corrected chi connectivity index (χ4v) is 6.63. The van der Waals surface area contributed by atoms with Gasteiger partial charge in [0.05, 0.1) is 27.7 Å². The normalized spacial score (nSPS) is 15.1. The Kier molecular flexibility index (Phi) is 22.0. The summed E-state index contributed by atoms with van der Waals surface area (Å²) in [5.41, 5.74) is 0. The van der Waals surface area contributed by atoms with Crippen LogP contribution in [0, 0.1) is 0 Å². The van der Waals surface area contributed by atoms with Crippen LogP contribution in [0.1, 0.15) is 142 Å². The van der Waals surface area contributed by atoms with Gasteiger partial charge in [0.15, 0.2) is 5.78 Å². The number of allylic oxidation sites excluding steroid dienone is 1. The largest absolute Gasteiger partial charge is 0.385 e. The third kappa shape index (κ3) is 20.1. The molecular weight excluding hydrogens is 441 g/mol. The topological polar surface area (TPSA) is 46.5 Å². The molecule has 0 saturated heterocycles. The van der Waals surface area contributed by atoms with E-state index in [-0.39, 0.29) is 5.78 Å². The molecule has 0 bridgehead atoms. The van der Waals surface area contributed by atoms with Crippen molar-refractivity contribution in [3.8, 4) is 0 Å². The summed E-state index contributed by atoms with van der Waals surface area (Å²) in [6.07, 6.45) is 30.1. The zero-order valence-electron chi connectivity index (χ0n) is 23.7. The monoisotopic (exact) mass is 502 g/mol. The molecule has 2 atom stereocenters. The van der Waals surface area contributed by atoms with Gasteiger partial charge in [-0.25, -0.2) is 0 Å². The Balaban J connectivity index is 3.51. The first kappa shape index (κ1) is 33.8. The van der Waals surface area contributed by atoms with Crippen LogP contribution in [0.15, 0.2) is 12.2 Å². The highest BCUT2D eigenvalue weighted by atomic mass is 31.2. The van der Waals surface area contributed by atoms with E-state index in [2.05, 4.69) is 19.1 Å². The molecule has 0 aromatic rings. The van der Waals surface area contributed by atoms with Gasteiger partial charge in [-0.1, -0.05) is 122 Å². The summed E-state index contributed by atoms with van der Waals surface area (Å²) in [6.45, 7) is 4.65. The molecule has 0 saturated carbocycles. The zero-order valence-corrected chi connectivity index (χ0v) is 24.6. The van der Waals surface area contributed by atoms with Crippen molar-refractivity contribution in [2.45, 2.75) is 148 Å². The fraction of sp³-hybridized carbons (Fsp3) is 0.931. The Morgan fingerprint density at radius 2 is 1.09 bits per heavy atom.